The highest BCUT2D eigenvalue weighted by Crippen LogP contribution is 2.29. The summed E-state index contributed by atoms with van der Waals surface area (Å²) in [4.78, 5) is 35.9. The fourth-order valence-electron chi connectivity index (χ4n) is 4.83. The minimum atomic E-state index is 0.0902. The Balaban J connectivity index is 1.34. The quantitative estimate of drug-likeness (QED) is 0.598. The molecule has 0 saturated carbocycles. The summed E-state index contributed by atoms with van der Waals surface area (Å²) >= 11 is 0. The van der Waals surface area contributed by atoms with Gasteiger partial charge < -0.3 is 14.7 Å². The molecule has 2 aromatic heterocycles. The molecule has 2 saturated heterocycles. The SMILES string of the molecule is CCCN1CCN(C(=O)c2cnc(N3CCN(c4ncccn4)CC3)c3ccccc23)CC1. The van der Waals surface area contributed by atoms with Gasteiger partial charge in [0.15, 0.2) is 0 Å². The fourth-order valence-corrected chi connectivity index (χ4v) is 4.83. The number of hydrogen-bond donors (Lipinski definition) is 0. The van der Waals surface area contributed by atoms with Gasteiger partial charge in [-0.05, 0) is 24.4 Å². The minimum absolute atomic E-state index is 0.0902. The lowest BCUT2D eigenvalue weighted by atomic mass is 10.0. The Hall–Kier alpha value is -3.26. The van der Waals surface area contributed by atoms with Crippen molar-refractivity contribution >= 4 is 28.4 Å². The van der Waals surface area contributed by atoms with Crippen LogP contribution in [0.25, 0.3) is 10.8 Å². The molecule has 1 aromatic carbocycles. The van der Waals surface area contributed by atoms with Crippen molar-refractivity contribution in [2.75, 3.05) is 68.7 Å². The zero-order valence-electron chi connectivity index (χ0n) is 19.2. The van der Waals surface area contributed by atoms with E-state index >= 15 is 0 Å². The summed E-state index contributed by atoms with van der Waals surface area (Å²) in [5.41, 5.74) is 0.703. The molecule has 4 heterocycles. The largest absolute Gasteiger partial charge is 0.353 e. The number of anilines is 2. The number of pyridine rings is 1. The molecule has 2 aliphatic rings. The highest BCUT2D eigenvalue weighted by Gasteiger charge is 2.26. The van der Waals surface area contributed by atoms with Gasteiger partial charge in [-0.25, -0.2) is 15.0 Å². The van der Waals surface area contributed by atoms with Crippen LogP contribution in [0.5, 0.6) is 0 Å². The maximum Gasteiger partial charge on any atom is 0.256 e. The average molecular weight is 446 g/mol. The first-order valence-corrected chi connectivity index (χ1v) is 11.9. The van der Waals surface area contributed by atoms with E-state index in [1.165, 1.54) is 0 Å². The number of fused-ring (bicyclic) bond motifs is 1. The van der Waals surface area contributed by atoms with Crippen LogP contribution in [0.2, 0.25) is 0 Å². The van der Waals surface area contributed by atoms with Crippen molar-refractivity contribution in [1.29, 1.82) is 0 Å². The van der Waals surface area contributed by atoms with Crippen LogP contribution >= 0.6 is 0 Å². The van der Waals surface area contributed by atoms with Crippen LogP contribution in [0.15, 0.2) is 48.9 Å². The standard InChI is InChI=1S/C25H31N7O/c1-2-10-29-11-13-31(14-12-29)24(33)22-19-28-23(21-7-4-3-6-20(21)22)30-15-17-32(18-16-30)25-26-8-5-9-27-25/h3-9,19H,2,10-18H2,1H3. The van der Waals surface area contributed by atoms with E-state index in [2.05, 4.69) is 43.7 Å². The Morgan fingerprint density at radius 1 is 0.818 bits per heavy atom. The van der Waals surface area contributed by atoms with Crippen molar-refractivity contribution < 1.29 is 4.79 Å². The average Bonchev–Trinajstić information content (AvgIpc) is 2.89. The van der Waals surface area contributed by atoms with Crippen molar-refractivity contribution in [3.05, 3.63) is 54.5 Å². The molecule has 172 valence electrons. The lowest BCUT2D eigenvalue weighted by molar-refractivity contribution is 0.0639. The molecule has 0 atom stereocenters. The number of amides is 1. The van der Waals surface area contributed by atoms with Gasteiger partial charge in [-0.2, -0.15) is 0 Å². The number of carbonyl (C=O) groups is 1. The predicted octanol–water partition coefficient (Wildman–Crippen LogP) is 2.52. The normalized spacial score (nSPS) is 17.5. The van der Waals surface area contributed by atoms with Crippen LogP contribution in [0.4, 0.5) is 11.8 Å². The molecule has 0 radical (unpaired) electrons. The highest BCUT2D eigenvalue weighted by molar-refractivity contribution is 6.09. The molecule has 5 rings (SSSR count). The Morgan fingerprint density at radius 3 is 2.18 bits per heavy atom. The first-order chi connectivity index (χ1) is 16.2. The third-order valence-corrected chi connectivity index (χ3v) is 6.62. The van der Waals surface area contributed by atoms with Crippen LogP contribution in [0.3, 0.4) is 0 Å². The van der Waals surface area contributed by atoms with Gasteiger partial charge in [0.25, 0.3) is 5.91 Å². The van der Waals surface area contributed by atoms with Gasteiger partial charge in [0, 0.05) is 76.3 Å². The van der Waals surface area contributed by atoms with Crippen LogP contribution in [-0.4, -0.2) is 89.6 Å². The summed E-state index contributed by atoms with van der Waals surface area (Å²) < 4.78 is 0. The van der Waals surface area contributed by atoms with Gasteiger partial charge in [-0.15, -0.1) is 0 Å². The first kappa shape index (κ1) is 21.6. The van der Waals surface area contributed by atoms with Crippen LogP contribution in [0, 0.1) is 0 Å². The zero-order valence-corrected chi connectivity index (χ0v) is 19.2. The molecule has 0 N–H and O–H groups in total. The molecule has 33 heavy (non-hydrogen) atoms. The second kappa shape index (κ2) is 9.70. The monoisotopic (exact) mass is 445 g/mol. The van der Waals surface area contributed by atoms with E-state index < -0.39 is 0 Å². The Labute approximate surface area is 194 Å². The first-order valence-electron chi connectivity index (χ1n) is 11.9. The van der Waals surface area contributed by atoms with E-state index in [1.807, 2.05) is 23.1 Å². The van der Waals surface area contributed by atoms with Gasteiger partial charge in [0.05, 0.1) is 5.56 Å². The number of nitrogens with zero attached hydrogens (tertiary/aromatic N) is 7. The highest BCUT2D eigenvalue weighted by atomic mass is 16.2. The second-order valence-corrected chi connectivity index (χ2v) is 8.70. The molecular formula is C25H31N7O. The summed E-state index contributed by atoms with van der Waals surface area (Å²) in [5.74, 6) is 1.81. The topological polar surface area (TPSA) is 68.7 Å². The molecule has 2 fully saturated rings. The Bertz CT molecular complexity index is 1090. The molecule has 8 nitrogen and oxygen atoms in total. The molecule has 3 aromatic rings. The van der Waals surface area contributed by atoms with Crippen LogP contribution in [0.1, 0.15) is 23.7 Å². The fraction of sp³-hybridized carbons (Fsp3) is 0.440. The van der Waals surface area contributed by atoms with Crippen LogP contribution < -0.4 is 9.80 Å². The molecular weight excluding hydrogens is 414 g/mol. The van der Waals surface area contributed by atoms with E-state index in [1.54, 1.807) is 18.6 Å². The number of rotatable bonds is 5. The summed E-state index contributed by atoms with van der Waals surface area (Å²) in [7, 11) is 0. The summed E-state index contributed by atoms with van der Waals surface area (Å²) in [6.07, 6.45) is 6.49. The lowest BCUT2D eigenvalue weighted by Crippen LogP contribution is -2.49. The second-order valence-electron chi connectivity index (χ2n) is 8.70. The van der Waals surface area contributed by atoms with Crippen molar-refractivity contribution in [1.82, 2.24) is 24.8 Å². The third-order valence-electron chi connectivity index (χ3n) is 6.62. The van der Waals surface area contributed by atoms with Gasteiger partial charge in [0.1, 0.15) is 5.82 Å². The van der Waals surface area contributed by atoms with Gasteiger partial charge in [0.2, 0.25) is 5.95 Å². The molecule has 2 aliphatic heterocycles. The van der Waals surface area contributed by atoms with Gasteiger partial charge in [-0.1, -0.05) is 31.2 Å². The van der Waals surface area contributed by atoms with Crippen LogP contribution in [-0.2, 0) is 0 Å². The maximum absolute atomic E-state index is 13.4. The summed E-state index contributed by atoms with van der Waals surface area (Å²) in [5, 5.41) is 2.02. The van der Waals surface area contributed by atoms with E-state index in [0.29, 0.717) is 5.56 Å². The predicted molar refractivity (Wildman–Crippen MR) is 131 cm³/mol. The number of aromatic nitrogens is 3. The smallest absolute Gasteiger partial charge is 0.256 e. The Kier molecular flexibility index (Phi) is 6.35. The van der Waals surface area contributed by atoms with Crippen molar-refractivity contribution in [2.45, 2.75) is 13.3 Å². The molecule has 0 bridgehead atoms. The molecule has 0 aliphatic carbocycles. The lowest BCUT2D eigenvalue weighted by Gasteiger charge is -2.36. The van der Waals surface area contributed by atoms with Crippen molar-refractivity contribution in [3.63, 3.8) is 0 Å². The number of hydrogen-bond acceptors (Lipinski definition) is 7. The van der Waals surface area contributed by atoms with E-state index in [4.69, 9.17) is 4.98 Å². The number of carbonyl (C=O) groups excluding carboxylic acids is 1. The third kappa shape index (κ3) is 4.48. The molecule has 8 heteroatoms. The van der Waals surface area contributed by atoms with E-state index in [-0.39, 0.29) is 5.91 Å². The summed E-state index contributed by atoms with van der Waals surface area (Å²) in [6.45, 7) is 10.1. The molecule has 1 amide bonds. The van der Waals surface area contributed by atoms with Crippen molar-refractivity contribution in [3.8, 4) is 0 Å². The zero-order chi connectivity index (χ0) is 22.6. The maximum atomic E-state index is 13.4. The van der Waals surface area contributed by atoms with E-state index in [9.17, 15) is 4.79 Å². The van der Waals surface area contributed by atoms with E-state index in [0.717, 1.165) is 87.9 Å². The number of benzene rings is 1. The summed E-state index contributed by atoms with van der Waals surface area (Å²) in [6, 6.07) is 10.0. The van der Waals surface area contributed by atoms with Gasteiger partial charge in [-0.3, -0.25) is 9.69 Å². The van der Waals surface area contributed by atoms with Crippen molar-refractivity contribution in [2.24, 2.45) is 0 Å². The molecule has 0 unspecified atom stereocenters. The minimum Gasteiger partial charge on any atom is -0.353 e. The van der Waals surface area contributed by atoms with Gasteiger partial charge >= 0.3 is 0 Å². The number of piperazine rings is 2. The molecule has 0 spiro atoms. The Morgan fingerprint density at radius 2 is 1.48 bits per heavy atom.